The molecule has 2 fully saturated rings. The number of piperidine rings is 1. The zero-order chi connectivity index (χ0) is 24.2. The lowest BCUT2D eigenvalue weighted by Gasteiger charge is -2.46. The lowest BCUT2D eigenvalue weighted by molar-refractivity contribution is 0.0717. The van der Waals surface area contributed by atoms with E-state index in [1.165, 1.54) is 18.4 Å². The number of hydrogen-bond donors (Lipinski definition) is 1. The van der Waals surface area contributed by atoms with Crippen LogP contribution in [0.1, 0.15) is 24.0 Å². The van der Waals surface area contributed by atoms with E-state index in [2.05, 4.69) is 48.4 Å². The van der Waals surface area contributed by atoms with Crippen molar-refractivity contribution in [3.8, 4) is 5.88 Å². The molecule has 0 spiro atoms. The van der Waals surface area contributed by atoms with Crippen LogP contribution in [-0.4, -0.2) is 58.9 Å². The van der Waals surface area contributed by atoms with E-state index in [0.717, 1.165) is 61.6 Å². The molecule has 2 saturated heterocycles. The SMILES string of the molecule is c1cncc(CNCc2ccc(OC[C@@H]3CC[C@H]4CN(c5noc6ccccc56)CCN4C3)nc2)c1. The average Bonchev–Trinajstić information content (AvgIpc) is 3.37. The second kappa shape index (κ2) is 10.6. The summed E-state index contributed by atoms with van der Waals surface area (Å²) in [5.74, 6) is 2.22. The van der Waals surface area contributed by atoms with Gasteiger partial charge in [0.1, 0.15) is 0 Å². The minimum atomic E-state index is 0.531. The first-order chi connectivity index (χ1) is 17.8. The second-order valence-electron chi connectivity index (χ2n) is 9.82. The van der Waals surface area contributed by atoms with Crippen molar-refractivity contribution in [2.24, 2.45) is 5.92 Å². The molecule has 3 aromatic heterocycles. The predicted octanol–water partition coefficient (Wildman–Crippen LogP) is 3.89. The van der Waals surface area contributed by atoms with Crippen LogP contribution in [0.4, 0.5) is 5.82 Å². The molecule has 0 aliphatic carbocycles. The third-order valence-corrected chi connectivity index (χ3v) is 7.31. The third-order valence-electron chi connectivity index (χ3n) is 7.31. The van der Waals surface area contributed by atoms with Gasteiger partial charge >= 0.3 is 0 Å². The number of nitrogens with zero attached hydrogens (tertiary/aromatic N) is 5. The summed E-state index contributed by atoms with van der Waals surface area (Å²) in [6.07, 6.45) is 7.92. The molecule has 8 nitrogen and oxygen atoms in total. The van der Waals surface area contributed by atoms with Crippen molar-refractivity contribution in [1.82, 2.24) is 25.3 Å². The molecule has 5 heterocycles. The van der Waals surface area contributed by atoms with E-state index in [-0.39, 0.29) is 0 Å². The van der Waals surface area contributed by atoms with Gasteiger partial charge in [0.05, 0.1) is 12.0 Å². The summed E-state index contributed by atoms with van der Waals surface area (Å²) in [6, 6.07) is 16.8. The molecule has 1 aromatic carbocycles. The highest BCUT2D eigenvalue weighted by Crippen LogP contribution is 2.31. The van der Waals surface area contributed by atoms with E-state index < -0.39 is 0 Å². The Labute approximate surface area is 211 Å². The summed E-state index contributed by atoms with van der Waals surface area (Å²) >= 11 is 0. The molecule has 0 amide bonds. The average molecular weight is 485 g/mol. The Morgan fingerprint density at radius 2 is 1.86 bits per heavy atom. The van der Waals surface area contributed by atoms with Gasteiger partial charge in [-0.05, 0) is 42.2 Å². The van der Waals surface area contributed by atoms with Gasteiger partial charge in [0.25, 0.3) is 0 Å². The number of pyridine rings is 2. The highest BCUT2D eigenvalue weighted by atomic mass is 16.5. The van der Waals surface area contributed by atoms with Crippen LogP contribution < -0.4 is 15.0 Å². The topological polar surface area (TPSA) is 79.6 Å². The Bertz CT molecular complexity index is 1260. The van der Waals surface area contributed by atoms with E-state index >= 15 is 0 Å². The first-order valence-electron chi connectivity index (χ1n) is 12.8. The smallest absolute Gasteiger partial charge is 0.213 e. The van der Waals surface area contributed by atoms with E-state index in [9.17, 15) is 0 Å². The number of para-hydroxylation sites is 1. The summed E-state index contributed by atoms with van der Waals surface area (Å²) in [5, 5.41) is 8.91. The van der Waals surface area contributed by atoms with Crippen molar-refractivity contribution in [2.75, 3.05) is 37.7 Å². The second-order valence-corrected chi connectivity index (χ2v) is 9.82. The number of fused-ring (bicyclic) bond motifs is 2. The van der Waals surface area contributed by atoms with Crippen molar-refractivity contribution in [3.63, 3.8) is 0 Å². The number of hydrogen-bond acceptors (Lipinski definition) is 8. The van der Waals surface area contributed by atoms with E-state index in [0.29, 0.717) is 24.4 Å². The van der Waals surface area contributed by atoms with E-state index in [4.69, 9.17) is 9.26 Å². The van der Waals surface area contributed by atoms with Crippen molar-refractivity contribution < 1.29 is 9.26 Å². The molecule has 1 N–H and O–H groups in total. The highest BCUT2D eigenvalue weighted by molar-refractivity contribution is 5.88. The zero-order valence-corrected chi connectivity index (χ0v) is 20.4. The number of aromatic nitrogens is 3. The number of benzene rings is 1. The lowest BCUT2D eigenvalue weighted by atomic mass is 9.91. The normalized spacial score (nSPS) is 20.4. The van der Waals surface area contributed by atoms with Crippen LogP contribution in [0.5, 0.6) is 5.88 Å². The van der Waals surface area contributed by atoms with Gasteiger partial charge in [-0.25, -0.2) is 4.98 Å². The van der Waals surface area contributed by atoms with Gasteiger partial charge in [-0.1, -0.05) is 29.4 Å². The molecule has 2 aliphatic rings. The minimum Gasteiger partial charge on any atom is -0.477 e. The standard InChI is InChI=1S/C28H32N6O2/c1-2-6-26-25(5-1)28(32-36-26)34-13-12-33-18-23(7-9-24(33)19-34)20-35-27-10-8-22(17-31-27)16-30-15-21-4-3-11-29-14-21/h1-6,8,10-11,14,17,23-24,30H,7,9,12-13,15-16,18-20H2/t23-,24+/m1/s1. The maximum Gasteiger partial charge on any atom is 0.213 e. The molecule has 6 rings (SSSR count). The fourth-order valence-electron chi connectivity index (χ4n) is 5.35. The first-order valence-corrected chi connectivity index (χ1v) is 12.8. The fourth-order valence-corrected chi connectivity index (χ4v) is 5.35. The summed E-state index contributed by atoms with van der Waals surface area (Å²) in [6.45, 7) is 6.36. The summed E-state index contributed by atoms with van der Waals surface area (Å²) in [5.41, 5.74) is 3.18. The van der Waals surface area contributed by atoms with Gasteiger partial charge < -0.3 is 19.5 Å². The quantitative estimate of drug-likeness (QED) is 0.404. The third kappa shape index (κ3) is 5.20. The Morgan fingerprint density at radius 1 is 0.944 bits per heavy atom. The minimum absolute atomic E-state index is 0.531. The molecule has 0 radical (unpaired) electrons. The number of rotatable bonds is 8. The fraction of sp³-hybridized carbons (Fsp3) is 0.393. The van der Waals surface area contributed by atoms with Crippen molar-refractivity contribution in [1.29, 1.82) is 0 Å². The van der Waals surface area contributed by atoms with Crippen molar-refractivity contribution >= 4 is 16.8 Å². The Hall–Kier alpha value is -3.49. The largest absolute Gasteiger partial charge is 0.477 e. The molecule has 0 bridgehead atoms. The van der Waals surface area contributed by atoms with Crippen molar-refractivity contribution in [3.05, 3.63) is 78.2 Å². The molecule has 186 valence electrons. The Balaban J connectivity index is 0.956. The molecule has 4 aromatic rings. The van der Waals surface area contributed by atoms with Crippen LogP contribution in [0.15, 0.2) is 71.6 Å². The number of anilines is 1. The molecule has 2 atom stereocenters. The Kier molecular flexibility index (Phi) is 6.78. The molecule has 2 aliphatic heterocycles. The van der Waals surface area contributed by atoms with Gasteiger partial charge in [-0.15, -0.1) is 0 Å². The maximum absolute atomic E-state index is 6.08. The lowest BCUT2D eigenvalue weighted by Crippen LogP contribution is -2.57. The van der Waals surface area contributed by atoms with Crippen LogP contribution in [0.25, 0.3) is 11.0 Å². The molecule has 36 heavy (non-hydrogen) atoms. The van der Waals surface area contributed by atoms with Gasteiger partial charge in [-0.2, -0.15) is 0 Å². The molecule has 8 heteroatoms. The maximum atomic E-state index is 6.08. The molecule has 0 unspecified atom stereocenters. The molecular formula is C28H32N6O2. The number of nitrogens with one attached hydrogen (secondary N) is 1. The number of ether oxygens (including phenoxy) is 1. The zero-order valence-electron chi connectivity index (χ0n) is 20.4. The molecule has 0 saturated carbocycles. The van der Waals surface area contributed by atoms with E-state index in [1.54, 1.807) is 6.20 Å². The van der Waals surface area contributed by atoms with Crippen LogP contribution >= 0.6 is 0 Å². The Morgan fingerprint density at radius 3 is 2.72 bits per heavy atom. The van der Waals surface area contributed by atoms with Gasteiger partial charge in [0.15, 0.2) is 11.4 Å². The van der Waals surface area contributed by atoms with Gasteiger partial charge in [0.2, 0.25) is 5.88 Å². The summed E-state index contributed by atoms with van der Waals surface area (Å²) in [4.78, 5) is 13.7. The number of piperazine rings is 1. The predicted molar refractivity (Wildman–Crippen MR) is 139 cm³/mol. The molecular weight excluding hydrogens is 452 g/mol. The van der Waals surface area contributed by atoms with Crippen LogP contribution in [0.2, 0.25) is 0 Å². The summed E-state index contributed by atoms with van der Waals surface area (Å²) in [7, 11) is 0. The monoisotopic (exact) mass is 484 g/mol. The van der Waals surface area contributed by atoms with Crippen LogP contribution in [0.3, 0.4) is 0 Å². The van der Waals surface area contributed by atoms with Crippen LogP contribution in [-0.2, 0) is 13.1 Å². The first kappa shape index (κ1) is 22.9. The van der Waals surface area contributed by atoms with Crippen LogP contribution in [0, 0.1) is 5.92 Å². The highest BCUT2D eigenvalue weighted by Gasteiger charge is 2.34. The summed E-state index contributed by atoms with van der Waals surface area (Å²) < 4.78 is 11.6. The van der Waals surface area contributed by atoms with Crippen molar-refractivity contribution in [2.45, 2.75) is 32.0 Å². The van der Waals surface area contributed by atoms with E-state index in [1.807, 2.05) is 42.7 Å². The van der Waals surface area contributed by atoms with Gasteiger partial charge in [-0.3, -0.25) is 9.88 Å². The van der Waals surface area contributed by atoms with Gasteiger partial charge in [0, 0.05) is 75.9 Å².